The summed E-state index contributed by atoms with van der Waals surface area (Å²) in [5.41, 5.74) is 1.46. The number of hydrogen-bond acceptors (Lipinski definition) is 5. The maximum absolute atomic E-state index is 12.7. The molecule has 124 valence electrons. The molecule has 4 rings (SSSR count). The van der Waals surface area contributed by atoms with Gasteiger partial charge < -0.3 is 15.1 Å². The highest BCUT2D eigenvalue weighted by Gasteiger charge is 2.37. The molecule has 2 aromatic rings. The normalized spacial score (nSPS) is 17.2. The molecule has 6 nitrogen and oxygen atoms in total. The number of nitrogens with one attached hydrogen (secondary N) is 1. The van der Waals surface area contributed by atoms with Crippen LogP contribution in [0, 0.1) is 5.92 Å². The number of aromatic nitrogens is 1. The average Bonchev–Trinajstić information content (AvgIpc) is 3.11. The molecule has 0 radical (unpaired) electrons. The van der Waals surface area contributed by atoms with Crippen LogP contribution in [0.3, 0.4) is 0 Å². The molecule has 1 aromatic heterocycles. The molecule has 1 aliphatic heterocycles. The van der Waals surface area contributed by atoms with Gasteiger partial charge in [-0.15, -0.1) is 11.3 Å². The number of hydrogen-bond donors (Lipinski definition) is 1. The summed E-state index contributed by atoms with van der Waals surface area (Å²) >= 11 is 1.51. The van der Waals surface area contributed by atoms with E-state index in [-0.39, 0.29) is 17.7 Å². The van der Waals surface area contributed by atoms with Crippen LogP contribution >= 0.6 is 11.3 Å². The van der Waals surface area contributed by atoms with Crippen molar-refractivity contribution in [1.82, 2.24) is 14.8 Å². The third-order valence-corrected chi connectivity index (χ3v) is 4.99. The van der Waals surface area contributed by atoms with Gasteiger partial charge >= 0.3 is 0 Å². The van der Waals surface area contributed by atoms with E-state index in [2.05, 4.69) is 10.3 Å². The summed E-state index contributed by atoms with van der Waals surface area (Å²) in [7, 11) is 0. The van der Waals surface area contributed by atoms with E-state index in [0.29, 0.717) is 25.3 Å². The molecule has 2 heterocycles. The first kappa shape index (κ1) is 15.1. The van der Waals surface area contributed by atoms with Gasteiger partial charge in [-0.05, 0) is 31.0 Å². The summed E-state index contributed by atoms with van der Waals surface area (Å²) in [5.74, 6) is 0.360. The zero-order valence-corrected chi connectivity index (χ0v) is 14.0. The molecule has 0 unspecified atom stereocenters. The first-order valence-corrected chi connectivity index (χ1v) is 8.93. The van der Waals surface area contributed by atoms with Crippen LogP contribution in [0.5, 0.6) is 0 Å². The molecule has 24 heavy (non-hydrogen) atoms. The van der Waals surface area contributed by atoms with Crippen molar-refractivity contribution >= 4 is 34.0 Å². The molecule has 1 N–H and O–H groups in total. The Morgan fingerprint density at radius 3 is 2.79 bits per heavy atom. The summed E-state index contributed by atoms with van der Waals surface area (Å²) < 4.78 is 0. The molecular weight excluding hydrogens is 324 g/mol. The standard InChI is InChI=1S/C17H18N4O2S/c22-15(12-4-5-12)20-7-8-21(11-20)16(23)13-2-1-3-14(10-13)19-17-18-6-9-24-17/h1-3,6,9-10,12H,4-5,7-8,11H2,(H,18,19). The third-order valence-electron chi connectivity index (χ3n) is 4.30. The second-order valence-electron chi connectivity index (χ2n) is 6.13. The van der Waals surface area contributed by atoms with Gasteiger partial charge in [0.1, 0.15) is 0 Å². The minimum Gasteiger partial charge on any atom is -0.332 e. The van der Waals surface area contributed by atoms with Gasteiger partial charge in [0.25, 0.3) is 5.91 Å². The maximum atomic E-state index is 12.7. The SMILES string of the molecule is O=C(c1cccc(Nc2nccs2)c1)N1CCN(C(=O)C2CC2)C1. The van der Waals surface area contributed by atoms with Crippen molar-refractivity contribution in [2.24, 2.45) is 5.92 Å². The average molecular weight is 342 g/mol. The first-order chi connectivity index (χ1) is 11.7. The van der Waals surface area contributed by atoms with Crippen LogP contribution in [0.1, 0.15) is 23.2 Å². The lowest BCUT2D eigenvalue weighted by molar-refractivity contribution is -0.131. The molecular formula is C17H18N4O2S. The number of benzene rings is 1. The van der Waals surface area contributed by atoms with E-state index in [4.69, 9.17) is 0 Å². The highest BCUT2D eigenvalue weighted by molar-refractivity contribution is 7.13. The molecule has 2 amide bonds. The van der Waals surface area contributed by atoms with Crippen LogP contribution in [0.4, 0.5) is 10.8 Å². The lowest BCUT2D eigenvalue weighted by Crippen LogP contribution is -2.34. The fourth-order valence-electron chi connectivity index (χ4n) is 2.84. The van der Waals surface area contributed by atoms with Gasteiger partial charge in [0.15, 0.2) is 5.13 Å². The predicted octanol–water partition coefficient (Wildman–Crippen LogP) is 2.54. The lowest BCUT2D eigenvalue weighted by Gasteiger charge is -2.18. The van der Waals surface area contributed by atoms with Gasteiger partial charge in [-0.1, -0.05) is 6.07 Å². The van der Waals surface area contributed by atoms with Gasteiger partial charge in [0.05, 0.1) is 6.67 Å². The van der Waals surface area contributed by atoms with Crippen LogP contribution in [0.2, 0.25) is 0 Å². The number of nitrogens with zero attached hydrogens (tertiary/aromatic N) is 3. The molecule has 2 fully saturated rings. The smallest absolute Gasteiger partial charge is 0.255 e. The van der Waals surface area contributed by atoms with Gasteiger partial charge in [-0.3, -0.25) is 9.59 Å². The molecule has 7 heteroatoms. The van der Waals surface area contributed by atoms with Gasteiger partial charge in [0, 0.05) is 41.8 Å². The van der Waals surface area contributed by atoms with E-state index in [9.17, 15) is 9.59 Å². The summed E-state index contributed by atoms with van der Waals surface area (Å²) in [6.45, 7) is 1.64. The summed E-state index contributed by atoms with van der Waals surface area (Å²) in [6, 6.07) is 7.40. The Bertz CT molecular complexity index is 758. The number of carbonyl (C=O) groups is 2. The number of amides is 2. The Labute approximate surface area is 144 Å². The summed E-state index contributed by atoms with van der Waals surface area (Å²) in [5, 5.41) is 5.88. The Kier molecular flexibility index (Phi) is 3.93. The van der Waals surface area contributed by atoms with Crippen molar-refractivity contribution in [3.8, 4) is 0 Å². The first-order valence-electron chi connectivity index (χ1n) is 8.05. The van der Waals surface area contributed by atoms with E-state index in [0.717, 1.165) is 23.7 Å². The fourth-order valence-corrected chi connectivity index (χ4v) is 3.39. The molecule has 0 bridgehead atoms. The number of thiazole rings is 1. The van der Waals surface area contributed by atoms with Crippen molar-refractivity contribution in [2.45, 2.75) is 12.8 Å². The van der Waals surface area contributed by atoms with Crippen LogP contribution < -0.4 is 5.32 Å². The highest BCUT2D eigenvalue weighted by Crippen LogP contribution is 2.32. The Morgan fingerprint density at radius 2 is 2.04 bits per heavy atom. The minimum atomic E-state index is -0.0381. The molecule has 1 saturated carbocycles. The maximum Gasteiger partial charge on any atom is 0.255 e. The van der Waals surface area contributed by atoms with Gasteiger partial charge in [-0.25, -0.2) is 4.98 Å². The lowest BCUT2D eigenvalue weighted by atomic mass is 10.2. The van der Waals surface area contributed by atoms with Gasteiger partial charge in [0.2, 0.25) is 5.91 Å². The molecule has 1 aromatic carbocycles. The molecule has 0 atom stereocenters. The second kappa shape index (κ2) is 6.24. The Balaban J connectivity index is 1.43. The van der Waals surface area contributed by atoms with E-state index >= 15 is 0 Å². The van der Waals surface area contributed by atoms with Crippen molar-refractivity contribution in [2.75, 3.05) is 25.1 Å². The zero-order chi connectivity index (χ0) is 16.5. The van der Waals surface area contributed by atoms with E-state index in [1.54, 1.807) is 22.1 Å². The van der Waals surface area contributed by atoms with Crippen LogP contribution in [-0.2, 0) is 4.79 Å². The van der Waals surface area contributed by atoms with Crippen molar-refractivity contribution < 1.29 is 9.59 Å². The molecule has 1 aliphatic carbocycles. The van der Waals surface area contributed by atoms with Crippen LogP contribution in [-0.4, -0.2) is 46.4 Å². The summed E-state index contributed by atoms with van der Waals surface area (Å²) in [6.07, 6.45) is 3.72. The second-order valence-corrected chi connectivity index (χ2v) is 7.02. The predicted molar refractivity (Wildman–Crippen MR) is 92.2 cm³/mol. The molecule has 2 aliphatic rings. The molecule has 0 spiro atoms. The monoisotopic (exact) mass is 342 g/mol. The van der Waals surface area contributed by atoms with Gasteiger partial charge in [-0.2, -0.15) is 0 Å². The minimum absolute atomic E-state index is 0.0381. The van der Waals surface area contributed by atoms with Crippen molar-refractivity contribution in [3.05, 3.63) is 41.4 Å². The Hall–Kier alpha value is -2.41. The summed E-state index contributed by atoms with van der Waals surface area (Å²) in [4.78, 5) is 32.5. The van der Waals surface area contributed by atoms with Crippen LogP contribution in [0.15, 0.2) is 35.8 Å². The van der Waals surface area contributed by atoms with Crippen LogP contribution in [0.25, 0.3) is 0 Å². The van der Waals surface area contributed by atoms with Crippen molar-refractivity contribution in [3.63, 3.8) is 0 Å². The number of carbonyl (C=O) groups excluding carboxylic acids is 2. The highest BCUT2D eigenvalue weighted by atomic mass is 32.1. The Morgan fingerprint density at radius 1 is 1.21 bits per heavy atom. The topological polar surface area (TPSA) is 65.5 Å². The largest absolute Gasteiger partial charge is 0.332 e. The van der Waals surface area contributed by atoms with Crippen molar-refractivity contribution in [1.29, 1.82) is 0 Å². The van der Waals surface area contributed by atoms with E-state index in [1.807, 2.05) is 23.6 Å². The zero-order valence-electron chi connectivity index (χ0n) is 13.1. The number of anilines is 2. The molecule has 1 saturated heterocycles. The number of rotatable bonds is 4. The van der Waals surface area contributed by atoms with E-state index < -0.39 is 0 Å². The quantitative estimate of drug-likeness (QED) is 0.927. The fraction of sp³-hybridized carbons (Fsp3) is 0.353. The third kappa shape index (κ3) is 3.12. The van der Waals surface area contributed by atoms with E-state index in [1.165, 1.54) is 11.3 Å².